The van der Waals surface area contributed by atoms with Crippen LogP contribution in [0.15, 0.2) is 41.8 Å². The van der Waals surface area contributed by atoms with Crippen LogP contribution in [0.4, 0.5) is 0 Å². The van der Waals surface area contributed by atoms with E-state index in [1.54, 1.807) is 11.3 Å². The number of rotatable bonds is 3. The Kier molecular flexibility index (Phi) is 4.07. The number of thiophene rings is 1. The van der Waals surface area contributed by atoms with Crippen LogP contribution in [0.5, 0.6) is 0 Å². The summed E-state index contributed by atoms with van der Waals surface area (Å²) in [5.74, 6) is -0.0485. The maximum Gasteiger partial charge on any atom is 0.0760 e. The molecule has 0 spiro atoms. The Labute approximate surface area is 119 Å². The van der Waals surface area contributed by atoms with E-state index >= 15 is 0 Å². The number of benzene rings is 1. The molecule has 98 valence electrons. The first-order chi connectivity index (χ1) is 9.00. The molecule has 0 N–H and O–H groups in total. The largest absolute Gasteiger partial charge is 0.198 e. The van der Waals surface area contributed by atoms with Gasteiger partial charge < -0.3 is 0 Å². The van der Waals surface area contributed by atoms with E-state index in [-0.39, 0.29) is 11.3 Å². The van der Waals surface area contributed by atoms with E-state index in [1.165, 1.54) is 10.4 Å². The van der Waals surface area contributed by atoms with E-state index in [0.29, 0.717) is 0 Å². The second-order valence-electron chi connectivity index (χ2n) is 5.84. The lowest BCUT2D eigenvalue weighted by Crippen LogP contribution is -2.11. The third-order valence-corrected chi connectivity index (χ3v) is 4.22. The van der Waals surface area contributed by atoms with Crippen molar-refractivity contribution >= 4 is 11.3 Å². The van der Waals surface area contributed by atoms with Gasteiger partial charge in [0.2, 0.25) is 0 Å². The highest BCUT2D eigenvalue weighted by molar-refractivity contribution is 7.09. The molecule has 1 aromatic carbocycles. The van der Waals surface area contributed by atoms with Crippen molar-refractivity contribution in [3.8, 4) is 6.07 Å². The topological polar surface area (TPSA) is 23.8 Å². The van der Waals surface area contributed by atoms with E-state index in [2.05, 4.69) is 62.6 Å². The number of nitrogens with zero attached hydrogens (tertiary/aromatic N) is 1. The molecule has 19 heavy (non-hydrogen) atoms. The van der Waals surface area contributed by atoms with Gasteiger partial charge in [0.15, 0.2) is 0 Å². The van der Waals surface area contributed by atoms with E-state index in [4.69, 9.17) is 0 Å². The van der Waals surface area contributed by atoms with Gasteiger partial charge in [-0.25, -0.2) is 0 Å². The van der Waals surface area contributed by atoms with Crippen molar-refractivity contribution in [2.75, 3.05) is 0 Å². The molecule has 2 aromatic rings. The molecule has 2 rings (SSSR count). The number of hydrogen-bond donors (Lipinski definition) is 0. The quantitative estimate of drug-likeness (QED) is 0.777. The fourth-order valence-electron chi connectivity index (χ4n) is 2.08. The molecule has 0 saturated carbocycles. The summed E-state index contributed by atoms with van der Waals surface area (Å²) in [7, 11) is 0. The van der Waals surface area contributed by atoms with Crippen molar-refractivity contribution in [2.24, 2.45) is 0 Å². The normalized spacial score (nSPS) is 12.9. The average Bonchev–Trinajstić information content (AvgIpc) is 2.88. The molecule has 0 saturated heterocycles. The van der Waals surface area contributed by atoms with Crippen molar-refractivity contribution in [2.45, 2.75) is 38.5 Å². The third-order valence-electron chi connectivity index (χ3n) is 3.32. The molecule has 0 aliphatic carbocycles. The van der Waals surface area contributed by atoms with Gasteiger partial charge in [0, 0.05) is 11.3 Å². The number of nitriles is 1. The van der Waals surface area contributed by atoms with Gasteiger partial charge in [-0.1, -0.05) is 51.1 Å². The highest BCUT2D eigenvalue weighted by Crippen LogP contribution is 2.27. The lowest BCUT2D eigenvalue weighted by Gasteiger charge is -2.19. The monoisotopic (exact) mass is 269 g/mol. The first-order valence-corrected chi connectivity index (χ1v) is 7.41. The van der Waals surface area contributed by atoms with Crippen LogP contribution in [0.1, 0.15) is 42.7 Å². The summed E-state index contributed by atoms with van der Waals surface area (Å²) in [5, 5.41) is 11.4. The fourth-order valence-corrected chi connectivity index (χ4v) is 2.84. The van der Waals surface area contributed by atoms with E-state index in [1.807, 2.05) is 6.07 Å². The Morgan fingerprint density at radius 2 is 1.84 bits per heavy atom. The Hall–Kier alpha value is -1.59. The van der Waals surface area contributed by atoms with Crippen molar-refractivity contribution in [3.63, 3.8) is 0 Å². The molecule has 0 bridgehead atoms. The van der Waals surface area contributed by atoms with E-state index in [9.17, 15) is 5.26 Å². The third kappa shape index (κ3) is 3.45. The molecule has 1 unspecified atom stereocenters. The Bertz CT molecular complexity index is 553. The zero-order valence-corrected chi connectivity index (χ0v) is 12.5. The molecule has 1 aromatic heterocycles. The lowest BCUT2D eigenvalue weighted by atomic mass is 9.85. The van der Waals surface area contributed by atoms with Gasteiger partial charge in [-0.15, -0.1) is 11.3 Å². The van der Waals surface area contributed by atoms with Crippen LogP contribution in [0, 0.1) is 11.3 Å². The van der Waals surface area contributed by atoms with Crippen LogP contribution in [0.25, 0.3) is 0 Å². The van der Waals surface area contributed by atoms with Gasteiger partial charge in [0.1, 0.15) is 0 Å². The molecule has 2 heteroatoms. The average molecular weight is 269 g/mol. The minimum absolute atomic E-state index is 0.0485. The molecule has 0 fully saturated rings. The second-order valence-corrected chi connectivity index (χ2v) is 6.87. The standard InChI is InChI=1S/C17H19NS/c1-17(2,3)15-8-6-13(7-9-15)14(12-18)11-16-5-4-10-19-16/h4-10,14H,11H2,1-3H3. The molecule has 0 amide bonds. The van der Waals surface area contributed by atoms with E-state index in [0.717, 1.165) is 12.0 Å². The SMILES string of the molecule is CC(C)(C)c1ccc(C(C#N)Cc2cccs2)cc1. The molecular weight excluding hydrogens is 250 g/mol. The number of hydrogen-bond acceptors (Lipinski definition) is 2. The molecule has 0 radical (unpaired) electrons. The molecule has 1 nitrogen and oxygen atoms in total. The zero-order valence-electron chi connectivity index (χ0n) is 11.7. The first-order valence-electron chi connectivity index (χ1n) is 6.53. The first kappa shape index (κ1) is 13.8. The maximum atomic E-state index is 9.36. The summed E-state index contributed by atoms with van der Waals surface area (Å²) in [4.78, 5) is 1.27. The fraction of sp³-hybridized carbons (Fsp3) is 0.353. The van der Waals surface area contributed by atoms with Crippen LogP contribution >= 0.6 is 11.3 Å². The van der Waals surface area contributed by atoms with Crippen LogP contribution in [-0.4, -0.2) is 0 Å². The highest BCUT2D eigenvalue weighted by Gasteiger charge is 2.16. The van der Waals surface area contributed by atoms with Crippen molar-refractivity contribution in [1.29, 1.82) is 5.26 Å². The molecule has 0 aliphatic rings. The predicted octanol–water partition coefficient (Wildman–Crippen LogP) is 4.90. The Balaban J connectivity index is 2.18. The minimum Gasteiger partial charge on any atom is -0.198 e. The Morgan fingerprint density at radius 1 is 1.16 bits per heavy atom. The predicted molar refractivity (Wildman–Crippen MR) is 81.5 cm³/mol. The molecular formula is C17H19NS. The maximum absolute atomic E-state index is 9.36. The van der Waals surface area contributed by atoms with Crippen molar-refractivity contribution in [1.82, 2.24) is 0 Å². The summed E-state index contributed by atoms with van der Waals surface area (Å²) in [6.07, 6.45) is 0.809. The summed E-state index contributed by atoms with van der Waals surface area (Å²) in [6.45, 7) is 6.61. The summed E-state index contributed by atoms with van der Waals surface area (Å²) in [6, 6.07) is 15.0. The molecule has 0 aliphatic heterocycles. The van der Waals surface area contributed by atoms with Gasteiger partial charge in [-0.3, -0.25) is 0 Å². The lowest BCUT2D eigenvalue weighted by molar-refractivity contribution is 0.590. The van der Waals surface area contributed by atoms with E-state index < -0.39 is 0 Å². The highest BCUT2D eigenvalue weighted by atomic mass is 32.1. The Morgan fingerprint density at radius 3 is 2.32 bits per heavy atom. The van der Waals surface area contributed by atoms with Gasteiger partial charge in [0.25, 0.3) is 0 Å². The summed E-state index contributed by atoms with van der Waals surface area (Å²) >= 11 is 1.72. The summed E-state index contributed by atoms with van der Waals surface area (Å²) in [5.41, 5.74) is 2.59. The van der Waals surface area contributed by atoms with Gasteiger partial charge >= 0.3 is 0 Å². The van der Waals surface area contributed by atoms with Crippen molar-refractivity contribution < 1.29 is 0 Å². The van der Waals surface area contributed by atoms with Crippen LogP contribution in [0.3, 0.4) is 0 Å². The van der Waals surface area contributed by atoms with Crippen LogP contribution < -0.4 is 0 Å². The van der Waals surface area contributed by atoms with Gasteiger partial charge in [-0.2, -0.15) is 5.26 Å². The van der Waals surface area contributed by atoms with Crippen LogP contribution in [0.2, 0.25) is 0 Å². The second kappa shape index (κ2) is 5.59. The summed E-state index contributed by atoms with van der Waals surface area (Å²) < 4.78 is 0. The van der Waals surface area contributed by atoms with Crippen LogP contribution in [-0.2, 0) is 11.8 Å². The zero-order chi connectivity index (χ0) is 13.9. The van der Waals surface area contributed by atoms with Crippen molar-refractivity contribution in [3.05, 3.63) is 57.8 Å². The van der Waals surface area contributed by atoms with Gasteiger partial charge in [-0.05, 0) is 28.0 Å². The van der Waals surface area contributed by atoms with Gasteiger partial charge in [0.05, 0.1) is 12.0 Å². The molecule has 1 heterocycles. The smallest absolute Gasteiger partial charge is 0.0760 e. The molecule has 1 atom stereocenters. The minimum atomic E-state index is -0.0485.